The van der Waals surface area contributed by atoms with Crippen LogP contribution in [0.5, 0.6) is 0 Å². The zero-order chi connectivity index (χ0) is 11.8. The van der Waals surface area contributed by atoms with Gasteiger partial charge in [0.25, 0.3) is 0 Å². The van der Waals surface area contributed by atoms with Crippen molar-refractivity contribution in [1.82, 2.24) is 10.2 Å². The Hall–Kier alpha value is -0.890. The second kappa shape index (κ2) is 4.17. The standard InChI is InChI=1S/C8H10F3N3OS/c9-8(10,11)6-12-13-7(16-6)14-2-1-5(3-14)4-15/h5,15H,1-4H2. The van der Waals surface area contributed by atoms with E-state index in [1.54, 1.807) is 4.90 Å². The van der Waals surface area contributed by atoms with E-state index >= 15 is 0 Å². The summed E-state index contributed by atoms with van der Waals surface area (Å²) in [7, 11) is 0. The number of halogens is 3. The van der Waals surface area contributed by atoms with Crippen LogP contribution in [-0.2, 0) is 6.18 Å². The van der Waals surface area contributed by atoms with Crippen molar-refractivity contribution in [3.05, 3.63) is 5.01 Å². The number of aromatic nitrogens is 2. The lowest BCUT2D eigenvalue weighted by atomic mass is 10.1. The Labute approximate surface area is 93.7 Å². The quantitative estimate of drug-likeness (QED) is 0.865. The van der Waals surface area contributed by atoms with Gasteiger partial charge in [0, 0.05) is 25.6 Å². The first-order valence-electron chi connectivity index (χ1n) is 4.77. The van der Waals surface area contributed by atoms with Gasteiger partial charge in [-0.05, 0) is 6.42 Å². The van der Waals surface area contributed by atoms with Crippen LogP contribution in [0.4, 0.5) is 18.3 Å². The summed E-state index contributed by atoms with van der Waals surface area (Å²) in [5.41, 5.74) is 0. The summed E-state index contributed by atoms with van der Waals surface area (Å²) in [4.78, 5) is 1.73. The molecule has 0 radical (unpaired) electrons. The van der Waals surface area contributed by atoms with Crippen molar-refractivity contribution in [3.63, 3.8) is 0 Å². The highest BCUT2D eigenvalue weighted by Gasteiger charge is 2.36. The molecule has 16 heavy (non-hydrogen) atoms. The Bertz CT molecular complexity index is 368. The highest BCUT2D eigenvalue weighted by molar-refractivity contribution is 7.15. The van der Waals surface area contributed by atoms with Gasteiger partial charge >= 0.3 is 6.18 Å². The monoisotopic (exact) mass is 253 g/mol. The van der Waals surface area contributed by atoms with Gasteiger partial charge in [0.05, 0.1) is 0 Å². The van der Waals surface area contributed by atoms with Crippen LogP contribution in [0.25, 0.3) is 0 Å². The first-order chi connectivity index (χ1) is 7.50. The average Bonchev–Trinajstić information content (AvgIpc) is 2.85. The largest absolute Gasteiger partial charge is 0.445 e. The first-order valence-corrected chi connectivity index (χ1v) is 5.59. The molecule has 1 atom stereocenters. The number of rotatable bonds is 2. The summed E-state index contributed by atoms with van der Waals surface area (Å²) in [6, 6.07) is 0. The second-order valence-corrected chi connectivity index (χ2v) is 4.63. The highest BCUT2D eigenvalue weighted by Crippen LogP contribution is 2.35. The molecule has 0 amide bonds. The van der Waals surface area contributed by atoms with E-state index in [4.69, 9.17) is 5.11 Å². The molecule has 90 valence electrons. The van der Waals surface area contributed by atoms with Crippen LogP contribution in [0.15, 0.2) is 0 Å². The van der Waals surface area contributed by atoms with Crippen LogP contribution in [-0.4, -0.2) is 35.0 Å². The summed E-state index contributed by atoms with van der Waals surface area (Å²) < 4.78 is 36.8. The summed E-state index contributed by atoms with van der Waals surface area (Å²) in [6.07, 6.45) is -3.65. The van der Waals surface area contributed by atoms with Gasteiger partial charge in [0.15, 0.2) is 0 Å². The van der Waals surface area contributed by atoms with Crippen molar-refractivity contribution >= 4 is 16.5 Å². The topological polar surface area (TPSA) is 49.2 Å². The van der Waals surface area contributed by atoms with Crippen LogP contribution in [0, 0.1) is 5.92 Å². The zero-order valence-electron chi connectivity index (χ0n) is 8.24. The third-order valence-electron chi connectivity index (χ3n) is 2.47. The Kier molecular flexibility index (Phi) is 3.02. The molecule has 1 aliphatic heterocycles. The van der Waals surface area contributed by atoms with Crippen molar-refractivity contribution in [1.29, 1.82) is 0 Å². The van der Waals surface area contributed by atoms with Crippen LogP contribution >= 0.6 is 11.3 Å². The Morgan fingerprint density at radius 1 is 1.44 bits per heavy atom. The van der Waals surface area contributed by atoms with Crippen molar-refractivity contribution < 1.29 is 18.3 Å². The molecule has 1 saturated heterocycles. The van der Waals surface area contributed by atoms with Gasteiger partial charge in [-0.3, -0.25) is 0 Å². The van der Waals surface area contributed by atoms with Gasteiger partial charge in [0.1, 0.15) is 0 Å². The number of alkyl halides is 3. The van der Waals surface area contributed by atoms with E-state index in [0.717, 1.165) is 6.42 Å². The fourth-order valence-electron chi connectivity index (χ4n) is 1.61. The maximum absolute atomic E-state index is 12.3. The zero-order valence-corrected chi connectivity index (χ0v) is 9.05. The van der Waals surface area contributed by atoms with Gasteiger partial charge in [-0.1, -0.05) is 11.3 Å². The summed E-state index contributed by atoms with van der Waals surface area (Å²) >= 11 is 0.547. The second-order valence-electron chi connectivity index (χ2n) is 3.67. The third kappa shape index (κ3) is 2.27. The number of aliphatic hydroxyl groups is 1. The molecule has 0 spiro atoms. The molecule has 1 aromatic rings. The minimum absolute atomic E-state index is 0.0570. The number of hydrogen-bond donors (Lipinski definition) is 1. The van der Waals surface area contributed by atoms with Gasteiger partial charge in [-0.2, -0.15) is 13.2 Å². The van der Waals surface area contributed by atoms with Crippen molar-refractivity contribution in [2.75, 3.05) is 24.6 Å². The van der Waals surface area contributed by atoms with E-state index in [1.807, 2.05) is 0 Å². The van der Waals surface area contributed by atoms with E-state index in [1.165, 1.54) is 0 Å². The number of hydrogen-bond acceptors (Lipinski definition) is 5. The molecule has 1 N–H and O–H groups in total. The smallest absolute Gasteiger partial charge is 0.396 e. The normalized spacial score (nSPS) is 21.8. The molecule has 1 aliphatic rings. The number of anilines is 1. The van der Waals surface area contributed by atoms with Crippen LogP contribution in [0.1, 0.15) is 11.4 Å². The molecular formula is C8H10F3N3OS. The van der Waals surface area contributed by atoms with Crippen molar-refractivity contribution in [2.24, 2.45) is 5.92 Å². The van der Waals surface area contributed by atoms with E-state index in [0.29, 0.717) is 24.4 Å². The molecule has 0 aliphatic carbocycles. The maximum Gasteiger partial charge on any atom is 0.445 e. The minimum atomic E-state index is -4.42. The lowest BCUT2D eigenvalue weighted by Crippen LogP contribution is -2.20. The Balaban J connectivity index is 2.08. The molecule has 1 aromatic heterocycles. The molecule has 2 heterocycles. The minimum Gasteiger partial charge on any atom is -0.396 e. The van der Waals surface area contributed by atoms with Crippen molar-refractivity contribution in [3.8, 4) is 0 Å². The third-order valence-corrected chi connectivity index (χ3v) is 3.50. The molecular weight excluding hydrogens is 243 g/mol. The molecule has 0 aromatic carbocycles. The van der Waals surface area contributed by atoms with E-state index in [2.05, 4.69) is 10.2 Å². The van der Waals surface area contributed by atoms with Crippen LogP contribution in [0.2, 0.25) is 0 Å². The fourth-order valence-corrected chi connectivity index (χ4v) is 2.36. The highest BCUT2D eigenvalue weighted by atomic mass is 32.1. The predicted octanol–water partition coefficient (Wildman–Crippen LogP) is 1.38. The lowest BCUT2D eigenvalue weighted by molar-refractivity contribution is -0.138. The molecule has 1 unspecified atom stereocenters. The van der Waals surface area contributed by atoms with E-state index < -0.39 is 11.2 Å². The Morgan fingerprint density at radius 2 is 2.19 bits per heavy atom. The summed E-state index contributed by atoms with van der Waals surface area (Å²) in [5.74, 6) is 0.123. The number of nitrogens with zero attached hydrogens (tertiary/aromatic N) is 3. The summed E-state index contributed by atoms with van der Waals surface area (Å²) in [5, 5.41) is 14.9. The molecule has 8 heteroatoms. The molecule has 0 saturated carbocycles. The summed E-state index contributed by atoms with van der Waals surface area (Å²) in [6.45, 7) is 1.22. The van der Waals surface area contributed by atoms with Crippen LogP contribution < -0.4 is 4.90 Å². The maximum atomic E-state index is 12.3. The Morgan fingerprint density at radius 3 is 2.69 bits per heavy atom. The fraction of sp³-hybridized carbons (Fsp3) is 0.750. The first kappa shape index (κ1) is 11.6. The van der Waals surface area contributed by atoms with Gasteiger partial charge in [-0.25, -0.2) is 0 Å². The van der Waals surface area contributed by atoms with Gasteiger partial charge < -0.3 is 10.0 Å². The van der Waals surface area contributed by atoms with Crippen LogP contribution in [0.3, 0.4) is 0 Å². The molecule has 0 bridgehead atoms. The number of aliphatic hydroxyl groups excluding tert-OH is 1. The molecule has 2 rings (SSSR count). The SMILES string of the molecule is OCC1CCN(c2nnc(C(F)(F)F)s2)C1. The lowest BCUT2D eigenvalue weighted by Gasteiger charge is -2.12. The molecule has 1 fully saturated rings. The predicted molar refractivity (Wildman–Crippen MR) is 52.3 cm³/mol. The van der Waals surface area contributed by atoms with Crippen molar-refractivity contribution in [2.45, 2.75) is 12.6 Å². The van der Waals surface area contributed by atoms with E-state index in [9.17, 15) is 13.2 Å². The van der Waals surface area contributed by atoms with E-state index in [-0.39, 0.29) is 17.7 Å². The molecule has 4 nitrogen and oxygen atoms in total. The van der Waals surface area contributed by atoms with Gasteiger partial charge in [0.2, 0.25) is 10.1 Å². The van der Waals surface area contributed by atoms with Gasteiger partial charge in [-0.15, -0.1) is 10.2 Å². The average molecular weight is 253 g/mol.